The second-order valence-corrected chi connectivity index (χ2v) is 5.47. The Morgan fingerprint density at radius 2 is 1.85 bits per heavy atom. The average molecular weight is 370 g/mol. The van der Waals surface area contributed by atoms with E-state index in [9.17, 15) is 0 Å². The number of allylic oxidation sites excluding steroid dienone is 8. The third kappa shape index (κ3) is 2.91. The number of rotatable bonds is 0. The summed E-state index contributed by atoms with van der Waals surface area (Å²) in [6.07, 6.45) is 17.8. The molecule has 96 valence electrons. The van der Waals surface area contributed by atoms with E-state index in [1.807, 2.05) is 65.3 Å². The molecule has 1 aliphatic carbocycles. The van der Waals surface area contributed by atoms with Crippen molar-refractivity contribution in [3.8, 4) is 11.8 Å². The fraction of sp³-hybridized carbons (Fsp3) is 0. The Kier molecular flexibility index (Phi) is 3.84. The number of halogens is 1. The van der Waals surface area contributed by atoms with Gasteiger partial charge in [-0.25, -0.2) is 4.98 Å². The van der Waals surface area contributed by atoms with E-state index in [0.29, 0.717) is 0 Å². The van der Waals surface area contributed by atoms with E-state index in [1.165, 1.54) is 0 Å². The highest BCUT2D eigenvalue weighted by Gasteiger charge is 2.00. The molecule has 2 aromatic heterocycles. The van der Waals surface area contributed by atoms with Crippen molar-refractivity contribution in [2.75, 3.05) is 0 Å². The van der Waals surface area contributed by atoms with Crippen molar-refractivity contribution < 1.29 is 0 Å². The fourth-order valence-corrected chi connectivity index (χ4v) is 2.29. The fourth-order valence-electron chi connectivity index (χ4n) is 1.83. The zero-order valence-corrected chi connectivity index (χ0v) is 12.8. The van der Waals surface area contributed by atoms with Crippen molar-refractivity contribution >= 4 is 28.2 Å². The van der Waals surface area contributed by atoms with Crippen LogP contribution in [0.2, 0.25) is 0 Å². The number of hydrogen-bond donors (Lipinski definition) is 0. The zero-order chi connectivity index (χ0) is 13.8. The largest absolute Gasteiger partial charge is 0.292 e. The van der Waals surface area contributed by atoms with Crippen LogP contribution in [0, 0.1) is 15.4 Å². The van der Waals surface area contributed by atoms with Crippen molar-refractivity contribution in [3.63, 3.8) is 0 Å². The molecule has 0 radical (unpaired) electrons. The summed E-state index contributed by atoms with van der Waals surface area (Å²) in [6, 6.07) is 4.03. The smallest absolute Gasteiger partial charge is 0.137 e. The van der Waals surface area contributed by atoms with E-state index in [2.05, 4.69) is 39.4 Å². The highest BCUT2D eigenvalue weighted by atomic mass is 127. The summed E-state index contributed by atoms with van der Waals surface area (Å²) in [6.45, 7) is 0. The van der Waals surface area contributed by atoms with Crippen LogP contribution in [0.3, 0.4) is 0 Å². The number of imidazole rings is 1. The van der Waals surface area contributed by atoms with Crippen molar-refractivity contribution in [2.45, 2.75) is 0 Å². The van der Waals surface area contributed by atoms with Gasteiger partial charge in [0.2, 0.25) is 0 Å². The summed E-state index contributed by atoms with van der Waals surface area (Å²) in [5, 5.41) is 0. The zero-order valence-electron chi connectivity index (χ0n) is 10.6. The van der Waals surface area contributed by atoms with Gasteiger partial charge in [0.1, 0.15) is 11.3 Å². The third-order valence-corrected chi connectivity index (χ3v) is 3.44. The molecular weight excluding hydrogens is 359 g/mol. The molecular formula is C17H11IN2. The van der Waals surface area contributed by atoms with Crippen molar-refractivity contribution in [2.24, 2.45) is 0 Å². The van der Waals surface area contributed by atoms with Crippen LogP contribution in [0.5, 0.6) is 0 Å². The number of nitrogens with zero attached hydrogens (tertiary/aromatic N) is 2. The molecule has 1 aliphatic rings. The number of pyridine rings is 1. The highest BCUT2D eigenvalue weighted by molar-refractivity contribution is 14.1. The van der Waals surface area contributed by atoms with Gasteiger partial charge in [-0.3, -0.25) is 4.40 Å². The number of hydrogen-bond acceptors (Lipinski definition) is 1. The molecule has 0 amide bonds. The summed E-state index contributed by atoms with van der Waals surface area (Å²) in [5.41, 5.74) is 2.79. The molecule has 0 unspecified atom stereocenters. The first kappa shape index (κ1) is 12.9. The molecule has 0 atom stereocenters. The lowest BCUT2D eigenvalue weighted by Crippen LogP contribution is -1.88. The molecule has 2 nitrogen and oxygen atoms in total. The Hall–Kier alpha value is -2.06. The number of aromatic nitrogens is 2. The average Bonchev–Trinajstić information content (AvgIpc) is 2.80. The van der Waals surface area contributed by atoms with Gasteiger partial charge in [0, 0.05) is 15.3 Å². The molecule has 0 N–H and O–H groups in total. The van der Waals surface area contributed by atoms with E-state index in [1.54, 1.807) is 6.20 Å². The Bertz CT molecular complexity index is 824. The normalized spacial score (nSPS) is 20.9. The summed E-state index contributed by atoms with van der Waals surface area (Å²) in [5.74, 6) is 6.36. The maximum atomic E-state index is 4.35. The van der Waals surface area contributed by atoms with Crippen LogP contribution in [-0.2, 0) is 0 Å². The van der Waals surface area contributed by atoms with Gasteiger partial charge in [-0.2, -0.15) is 0 Å². The molecule has 3 rings (SSSR count). The van der Waals surface area contributed by atoms with Gasteiger partial charge in [-0.1, -0.05) is 36.3 Å². The Morgan fingerprint density at radius 1 is 1.00 bits per heavy atom. The van der Waals surface area contributed by atoms with E-state index in [4.69, 9.17) is 0 Å². The van der Waals surface area contributed by atoms with Gasteiger partial charge in [0.05, 0.1) is 6.20 Å². The topological polar surface area (TPSA) is 17.3 Å². The minimum atomic E-state index is 0.898. The standard InChI is InChI=1S/C17H11IN2/c18-15-9-11-17-19-12-16(20(17)13-15)10-8-14-6-4-2-1-3-5-7-14/h1-7,9,11-13H/b2-1-,3-1?,4-2?,5-3-,6-4-,7-5?,14-6?,14-7+. The highest BCUT2D eigenvalue weighted by Crippen LogP contribution is 2.10. The van der Waals surface area contributed by atoms with Crippen LogP contribution in [0.25, 0.3) is 5.65 Å². The Morgan fingerprint density at radius 3 is 2.80 bits per heavy atom. The predicted molar refractivity (Wildman–Crippen MR) is 90.3 cm³/mol. The van der Waals surface area contributed by atoms with Gasteiger partial charge in [-0.15, -0.1) is 0 Å². The molecule has 20 heavy (non-hydrogen) atoms. The van der Waals surface area contributed by atoms with Gasteiger partial charge in [-0.05, 0) is 52.8 Å². The molecule has 0 saturated heterocycles. The summed E-state index contributed by atoms with van der Waals surface area (Å²) < 4.78 is 3.17. The summed E-state index contributed by atoms with van der Waals surface area (Å²) in [4.78, 5) is 4.35. The van der Waals surface area contributed by atoms with Crippen LogP contribution in [0.15, 0.2) is 72.6 Å². The van der Waals surface area contributed by atoms with Crippen LogP contribution in [0.4, 0.5) is 0 Å². The molecule has 2 aromatic rings. The Balaban J connectivity index is 1.98. The minimum Gasteiger partial charge on any atom is -0.292 e. The lowest BCUT2D eigenvalue weighted by Gasteiger charge is -1.96. The minimum absolute atomic E-state index is 0.898. The molecule has 3 heteroatoms. The first-order valence-electron chi connectivity index (χ1n) is 6.19. The molecule has 0 aliphatic heterocycles. The maximum Gasteiger partial charge on any atom is 0.137 e. The maximum absolute atomic E-state index is 4.35. The van der Waals surface area contributed by atoms with E-state index in [0.717, 1.165) is 20.5 Å². The van der Waals surface area contributed by atoms with Crippen molar-refractivity contribution in [3.05, 3.63) is 81.9 Å². The van der Waals surface area contributed by atoms with Gasteiger partial charge < -0.3 is 0 Å². The molecule has 0 bridgehead atoms. The second-order valence-electron chi connectivity index (χ2n) is 4.22. The van der Waals surface area contributed by atoms with Crippen molar-refractivity contribution in [1.29, 1.82) is 0 Å². The van der Waals surface area contributed by atoms with Crippen LogP contribution < -0.4 is 0 Å². The van der Waals surface area contributed by atoms with E-state index in [-0.39, 0.29) is 0 Å². The van der Waals surface area contributed by atoms with Crippen LogP contribution >= 0.6 is 22.6 Å². The van der Waals surface area contributed by atoms with Gasteiger partial charge >= 0.3 is 0 Å². The first-order valence-corrected chi connectivity index (χ1v) is 7.27. The van der Waals surface area contributed by atoms with Crippen molar-refractivity contribution in [1.82, 2.24) is 9.38 Å². The molecule has 0 fully saturated rings. The third-order valence-electron chi connectivity index (χ3n) is 2.80. The van der Waals surface area contributed by atoms with Crippen LogP contribution in [0.1, 0.15) is 5.69 Å². The van der Waals surface area contributed by atoms with Gasteiger partial charge in [0.25, 0.3) is 0 Å². The SMILES string of the molecule is Ic1ccc2ncc(C#CC3=C/C=C\C=C/C=C\3)n2c1. The monoisotopic (exact) mass is 370 g/mol. The summed E-state index contributed by atoms with van der Waals surface area (Å²) in [7, 11) is 0. The first-order chi connectivity index (χ1) is 9.83. The molecule has 0 spiro atoms. The Labute approximate surface area is 131 Å². The molecule has 0 aromatic carbocycles. The lowest BCUT2D eigenvalue weighted by atomic mass is 10.2. The molecule has 2 heterocycles. The second kappa shape index (κ2) is 5.93. The predicted octanol–water partition coefficient (Wildman–Crippen LogP) is 3.90. The van der Waals surface area contributed by atoms with Crippen LogP contribution in [-0.4, -0.2) is 9.38 Å². The van der Waals surface area contributed by atoms with E-state index < -0.39 is 0 Å². The molecule has 0 saturated carbocycles. The quantitative estimate of drug-likeness (QED) is 0.508. The van der Waals surface area contributed by atoms with Gasteiger partial charge in [0.15, 0.2) is 0 Å². The summed E-state index contributed by atoms with van der Waals surface area (Å²) >= 11 is 2.29. The lowest BCUT2D eigenvalue weighted by molar-refractivity contribution is 1.15. The van der Waals surface area contributed by atoms with E-state index >= 15 is 0 Å². The number of fused-ring (bicyclic) bond motifs is 1.